The summed E-state index contributed by atoms with van der Waals surface area (Å²) < 4.78 is 11.0. The highest BCUT2D eigenvalue weighted by atomic mass is 35.5. The fourth-order valence-corrected chi connectivity index (χ4v) is 7.45. The van der Waals surface area contributed by atoms with Gasteiger partial charge in [-0.15, -0.1) is 12.4 Å². The Morgan fingerprint density at radius 3 is 2.50 bits per heavy atom. The summed E-state index contributed by atoms with van der Waals surface area (Å²) in [4.78, 5) is 15.4. The van der Waals surface area contributed by atoms with Gasteiger partial charge < -0.3 is 14.6 Å². The molecule has 0 amide bonds. The van der Waals surface area contributed by atoms with Gasteiger partial charge >= 0.3 is 5.97 Å². The zero-order chi connectivity index (χ0) is 24.0. The molecule has 1 aliphatic heterocycles. The molecule has 0 aromatic heterocycles. The molecule has 1 heterocycles. The number of likely N-dealkylation sites (tertiary alicyclic amines) is 1. The molecule has 3 aliphatic carbocycles. The number of rotatable bonds is 6. The van der Waals surface area contributed by atoms with Crippen LogP contribution >= 0.6 is 12.4 Å². The molecule has 1 saturated heterocycles. The summed E-state index contributed by atoms with van der Waals surface area (Å²) in [5.74, 6) is 1.91. The lowest BCUT2D eigenvalue weighted by atomic mass is 9.49. The molecule has 0 unspecified atom stereocenters. The second-order valence-corrected chi connectivity index (χ2v) is 11.3. The predicted octanol–water partition coefficient (Wildman–Crippen LogP) is 5.24. The van der Waals surface area contributed by atoms with Gasteiger partial charge in [0.15, 0.2) is 0 Å². The van der Waals surface area contributed by atoms with Crippen LogP contribution in [0.4, 0.5) is 0 Å². The third kappa shape index (κ3) is 4.23. The van der Waals surface area contributed by atoms with Gasteiger partial charge in [0.1, 0.15) is 11.5 Å². The number of benzene rings is 2. The number of carbonyl (C=O) groups is 1. The molecule has 2 bridgehead atoms. The number of fused-ring (bicyclic) bond motifs is 1. The largest absolute Gasteiger partial charge is 0.497 e. The highest BCUT2D eigenvalue weighted by molar-refractivity contribution is 5.85. The van der Waals surface area contributed by atoms with Crippen LogP contribution in [0.15, 0.2) is 42.5 Å². The molecule has 194 valence electrons. The Hall–Kier alpha value is -2.08. The van der Waals surface area contributed by atoms with Crippen molar-refractivity contribution >= 4 is 18.4 Å². The van der Waals surface area contributed by atoms with Crippen LogP contribution in [0.2, 0.25) is 0 Å². The Morgan fingerprint density at radius 1 is 1.03 bits per heavy atom. The number of carbonyl (C=O) groups excluding carboxylic acids is 1. The van der Waals surface area contributed by atoms with Crippen molar-refractivity contribution in [2.45, 2.75) is 81.3 Å². The van der Waals surface area contributed by atoms with Crippen LogP contribution in [-0.4, -0.2) is 47.8 Å². The van der Waals surface area contributed by atoms with Gasteiger partial charge in [0.25, 0.3) is 0 Å². The zero-order valence-electron chi connectivity index (χ0n) is 21.2. The summed E-state index contributed by atoms with van der Waals surface area (Å²) in [5.41, 5.74) is 2.55. The van der Waals surface area contributed by atoms with Crippen LogP contribution < -0.4 is 9.47 Å². The molecular weight excluding hydrogens is 474 g/mol. The smallest absolute Gasteiger partial charge is 0.315 e. The normalized spacial score (nSPS) is 29.2. The molecule has 6 rings (SSSR count). The van der Waals surface area contributed by atoms with Crippen molar-refractivity contribution in [3.63, 3.8) is 0 Å². The summed E-state index contributed by atoms with van der Waals surface area (Å²) in [6, 6.07) is 13.9. The van der Waals surface area contributed by atoms with Gasteiger partial charge in [-0.3, -0.25) is 9.69 Å². The predicted molar refractivity (Wildman–Crippen MR) is 142 cm³/mol. The van der Waals surface area contributed by atoms with Crippen LogP contribution in [-0.2, 0) is 23.1 Å². The number of methoxy groups -OCH3 is 1. The van der Waals surface area contributed by atoms with E-state index in [4.69, 9.17) is 9.47 Å². The van der Waals surface area contributed by atoms with E-state index >= 15 is 0 Å². The van der Waals surface area contributed by atoms with E-state index < -0.39 is 5.60 Å². The van der Waals surface area contributed by atoms with E-state index in [2.05, 4.69) is 17.0 Å². The SMILES string of the molecule is COc1ccc(CC(=O)Oc2ccc3c(c2)[C@@]24CCCC[C@@]2(O)[C@@H](C3)N(CC2CCC2)CC4)cc1.Cl. The van der Waals surface area contributed by atoms with Gasteiger partial charge in [0.05, 0.1) is 19.1 Å². The molecule has 2 aromatic rings. The van der Waals surface area contributed by atoms with Crippen molar-refractivity contribution in [2.24, 2.45) is 5.92 Å². The lowest BCUT2D eigenvalue weighted by Crippen LogP contribution is -2.72. The Bertz CT molecular complexity index is 1100. The first-order valence-electron chi connectivity index (χ1n) is 13.4. The summed E-state index contributed by atoms with van der Waals surface area (Å²) in [6.07, 6.45) is 10.3. The number of nitrogens with zero attached hydrogens (tertiary/aromatic N) is 1. The van der Waals surface area contributed by atoms with E-state index in [9.17, 15) is 9.90 Å². The number of hydrogen-bond acceptors (Lipinski definition) is 5. The molecule has 3 fully saturated rings. The molecule has 2 aromatic carbocycles. The molecule has 3 atom stereocenters. The molecular formula is C30H38ClNO4. The quantitative estimate of drug-likeness (QED) is 0.424. The van der Waals surface area contributed by atoms with Crippen LogP contribution in [0.3, 0.4) is 0 Å². The van der Waals surface area contributed by atoms with E-state index in [0.29, 0.717) is 5.75 Å². The number of halogens is 1. The van der Waals surface area contributed by atoms with Gasteiger partial charge in [-0.1, -0.05) is 37.5 Å². The van der Waals surface area contributed by atoms with Gasteiger partial charge in [0, 0.05) is 18.0 Å². The average molecular weight is 512 g/mol. The second kappa shape index (κ2) is 10.00. The summed E-state index contributed by atoms with van der Waals surface area (Å²) in [6.45, 7) is 2.20. The summed E-state index contributed by atoms with van der Waals surface area (Å²) in [7, 11) is 1.63. The third-order valence-electron chi connectivity index (χ3n) is 9.52. The van der Waals surface area contributed by atoms with Crippen molar-refractivity contribution < 1.29 is 19.4 Å². The van der Waals surface area contributed by atoms with Crippen molar-refractivity contribution in [3.8, 4) is 11.5 Å². The van der Waals surface area contributed by atoms with Crippen molar-refractivity contribution in [2.75, 3.05) is 20.2 Å². The molecule has 36 heavy (non-hydrogen) atoms. The minimum atomic E-state index is -0.689. The standard InChI is InChI=1S/C30H37NO4.ClH/c1-34-24-10-7-21(8-11-24)17-28(32)35-25-12-9-23-18-27-30(33)14-3-2-13-29(30,26(23)19-25)15-16-31(27)20-22-5-4-6-22;/h7-12,19,22,27,33H,2-6,13-18,20H2,1H3;1H/t27-,29+,30-;/m1./s1. The first kappa shape index (κ1) is 25.6. The van der Waals surface area contributed by atoms with Crippen molar-refractivity contribution in [1.82, 2.24) is 4.90 Å². The molecule has 5 nitrogen and oxygen atoms in total. The first-order valence-corrected chi connectivity index (χ1v) is 13.4. The lowest BCUT2D eigenvalue weighted by molar-refractivity contribution is -0.169. The average Bonchev–Trinajstić information content (AvgIpc) is 2.83. The number of aliphatic hydroxyl groups is 1. The fraction of sp³-hybridized carbons (Fsp3) is 0.567. The van der Waals surface area contributed by atoms with Gasteiger partial charge in [-0.2, -0.15) is 0 Å². The first-order chi connectivity index (χ1) is 17.0. The molecule has 4 aliphatic rings. The third-order valence-corrected chi connectivity index (χ3v) is 9.52. The van der Waals surface area contributed by atoms with Gasteiger partial charge in [-0.05, 0) is 91.9 Å². The number of ether oxygens (including phenoxy) is 2. The molecule has 1 N–H and O–H groups in total. The molecule has 6 heteroatoms. The lowest BCUT2D eigenvalue weighted by Gasteiger charge is -2.64. The Labute approximate surface area is 220 Å². The Balaban J connectivity index is 0.00000267. The number of piperidine rings is 1. The highest BCUT2D eigenvalue weighted by Crippen LogP contribution is 2.58. The molecule has 2 saturated carbocycles. The molecule has 0 radical (unpaired) electrons. The van der Waals surface area contributed by atoms with Gasteiger partial charge in [-0.25, -0.2) is 0 Å². The van der Waals surface area contributed by atoms with E-state index in [1.807, 2.05) is 30.3 Å². The van der Waals surface area contributed by atoms with Crippen LogP contribution in [0.5, 0.6) is 11.5 Å². The van der Waals surface area contributed by atoms with Crippen LogP contribution in [0.25, 0.3) is 0 Å². The van der Waals surface area contributed by atoms with Crippen molar-refractivity contribution in [1.29, 1.82) is 0 Å². The van der Waals surface area contributed by atoms with Crippen LogP contribution in [0.1, 0.15) is 68.1 Å². The number of hydrogen-bond donors (Lipinski definition) is 1. The minimum absolute atomic E-state index is 0. The van der Waals surface area contributed by atoms with E-state index in [1.54, 1.807) is 7.11 Å². The maximum Gasteiger partial charge on any atom is 0.315 e. The summed E-state index contributed by atoms with van der Waals surface area (Å²) >= 11 is 0. The van der Waals surface area contributed by atoms with E-state index in [0.717, 1.165) is 68.8 Å². The Morgan fingerprint density at radius 2 is 1.78 bits per heavy atom. The minimum Gasteiger partial charge on any atom is -0.497 e. The molecule has 0 spiro atoms. The van der Waals surface area contributed by atoms with Gasteiger partial charge in [0.2, 0.25) is 0 Å². The second-order valence-electron chi connectivity index (χ2n) is 11.3. The summed E-state index contributed by atoms with van der Waals surface area (Å²) in [5, 5.41) is 12.3. The van der Waals surface area contributed by atoms with Crippen LogP contribution in [0, 0.1) is 5.92 Å². The highest BCUT2D eigenvalue weighted by Gasteiger charge is 2.63. The topological polar surface area (TPSA) is 59.0 Å². The fourth-order valence-electron chi connectivity index (χ4n) is 7.45. The Kier molecular flexibility index (Phi) is 7.10. The van der Waals surface area contributed by atoms with Crippen molar-refractivity contribution in [3.05, 3.63) is 59.2 Å². The number of esters is 1. The maximum atomic E-state index is 12.7. The van der Waals surface area contributed by atoms with E-state index in [-0.39, 0.29) is 36.3 Å². The maximum absolute atomic E-state index is 12.7. The zero-order valence-corrected chi connectivity index (χ0v) is 22.0. The van der Waals surface area contributed by atoms with E-state index in [1.165, 1.54) is 30.4 Å². The monoisotopic (exact) mass is 511 g/mol.